The molecule has 0 spiro atoms. The van der Waals surface area contributed by atoms with E-state index in [0.29, 0.717) is 13.0 Å². The van der Waals surface area contributed by atoms with Crippen LogP contribution in [0.3, 0.4) is 0 Å². The Bertz CT molecular complexity index is 850. The number of hydrogen-bond acceptors (Lipinski definition) is 3. The fourth-order valence-corrected chi connectivity index (χ4v) is 3.96. The number of rotatable bonds is 5. The number of halogens is 1. The molecule has 1 unspecified atom stereocenters. The maximum absolute atomic E-state index is 13.4. The van der Waals surface area contributed by atoms with E-state index < -0.39 is 0 Å². The van der Waals surface area contributed by atoms with Crippen molar-refractivity contribution in [1.82, 2.24) is 15.2 Å². The fraction of sp³-hybridized carbons (Fsp3) is 0.250. The van der Waals surface area contributed by atoms with Gasteiger partial charge in [-0.1, -0.05) is 66.7 Å². The number of nitrogens with one attached hydrogen (secondary N) is 1. The van der Waals surface area contributed by atoms with Gasteiger partial charge in [0.05, 0.1) is 6.04 Å². The van der Waals surface area contributed by atoms with Crippen molar-refractivity contribution in [2.24, 2.45) is 0 Å². The van der Waals surface area contributed by atoms with Crippen molar-refractivity contribution in [3.63, 3.8) is 0 Å². The lowest BCUT2D eigenvalue weighted by atomic mass is 9.87. The standard InChI is InChI=1S/C24H25N3O.ClH/c28-24(27-15-14-26-18-23(27)21-12-7-13-25-17-21)16-22(19-8-3-1-4-9-19)20-10-5-2-6-11-20;/h1-13,17,22-23,26H,14-16,18H2;1H. The van der Waals surface area contributed by atoms with Gasteiger partial charge in [0.2, 0.25) is 5.91 Å². The van der Waals surface area contributed by atoms with Gasteiger partial charge in [0.15, 0.2) is 0 Å². The SMILES string of the molecule is Cl.O=C(CC(c1ccccc1)c1ccccc1)N1CCNCC1c1cccnc1. The Morgan fingerprint density at radius 1 is 1.00 bits per heavy atom. The molecule has 1 amide bonds. The van der Waals surface area contributed by atoms with Crippen LogP contribution in [0, 0.1) is 0 Å². The number of carbonyl (C=O) groups is 1. The molecule has 1 atom stereocenters. The third-order valence-electron chi connectivity index (χ3n) is 5.42. The van der Waals surface area contributed by atoms with Gasteiger partial charge in [0, 0.05) is 44.4 Å². The lowest BCUT2D eigenvalue weighted by Crippen LogP contribution is -2.49. The minimum atomic E-state index is 0. The monoisotopic (exact) mass is 407 g/mol. The molecule has 150 valence electrons. The molecular formula is C24H26ClN3O. The Hall–Kier alpha value is -2.69. The number of piperazine rings is 1. The van der Waals surface area contributed by atoms with E-state index in [4.69, 9.17) is 0 Å². The van der Waals surface area contributed by atoms with Crippen molar-refractivity contribution >= 4 is 18.3 Å². The summed E-state index contributed by atoms with van der Waals surface area (Å²) >= 11 is 0. The van der Waals surface area contributed by atoms with Crippen molar-refractivity contribution in [3.05, 3.63) is 102 Å². The van der Waals surface area contributed by atoms with Crippen molar-refractivity contribution in [3.8, 4) is 0 Å². The van der Waals surface area contributed by atoms with Gasteiger partial charge < -0.3 is 10.2 Å². The molecule has 1 aliphatic rings. The van der Waals surface area contributed by atoms with E-state index in [9.17, 15) is 4.79 Å². The second-order valence-electron chi connectivity index (χ2n) is 7.17. The van der Waals surface area contributed by atoms with Gasteiger partial charge in [-0.25, -0.2) is 0 Å². The van der Waals surface area contributed by atoms with Crippen LogP contribution < -0.4 is 5.32 Å². The highest BCUT2D eigenvalue weighted by molar-refractivity contribution is 5.85. The van der Waals surface area contributed by atoms with Crippen LogP contribution in [0.4, 0.5) is 0 Å². The summed E-state index contributed by atoms with van der Waals surface area (Å²) in [7, 11) is 0. The van der Waals surface area contributed by atoms with Gasteiger partial charge in [0.25, 0.3) is 0 Å². The summed E-state index contributed by atoms with van der Waals surface area (Å²) < 4.78 is 0. The minimum Gasteiger partial charge on any atom is -0.333 e. The van der Waals surface area contributed by atoms with Crippen LogP contribution >= 0.6 is 12.4 Å². The molecule has 1 aromatic heterocycles. The summed E-state index contributed by atoms with van der Waals surface area (Å²) in [5.74, 6) is 0.243. The van der Waals surface area contributed by atoms with Gasteiger partial charge in [-0.2, -0.15) is 0 Å². The van der Waals surface area contributed by atoms with Crippen molar-refractivity contribution in [1.29, 1.82) is 0 Å². The van der Waals surface area contributed by atoms with Crippen molar-refractivity contribution < 1.29 is 4.79 Å². The average molecular weight is 408 g/mol. The predicted octanol–water partition coefficient (Wildman–Crippen LogP) is 4.20. The zero-order chi connectivity index (χ0) is 19.2. The molecule has 3 aromatic rings. The quantitative estimate of drug-likeness (QED) is 0.689. The summed E-state index contributed by atoms with van der Waals surface area (Å²) in [5, 5.41) is 3.41. The Morgan fingerprint density at radius 2 is 1.66 bits per heavy atom. The zero-order valence-corrected chi connectivity index (χ0v) is 17.1. The van der Waals surface area contributed by atoms with E-state index in [1.165, 1.54) is 11.1 Å². The lowest BCUT2D eigenvalue weighted by Gasteiger charge is -2.37. The van der Waals surface area contributed by atoms with E-state index in [1.807, 2.05) is 53.6 Å². The number of pyridine rings is 1. The highest BCUT2D eigenvalue weighted by Gasteiger charge is 2.30. The first-order valence-corrected chi connectivity index (χ1v) is 9.83. The van der Waals surface area contributed by atoms with Crippen LogP contribution in [0.15, 0.2) is 85.2 Å². The third-order valence-corrected chi connectivity index (χ3v) is 5.42. The van der Waals surface area contributed by atoms with Crippen LogP contribution in [0.25, 0.3) is 0 Å². The van der Waals surface area contributed by atoms with Gasteiger partial charge in [-0.15, -0.1) is 12.4 Å². The first-order chi connectivity index (χ1) is 13.8. The van der Waals surface area contributed by atoms with E-state index in [1.54, 1.807) is 6.20 Å². The van der Waals surface area contributed by atoms with Gasteiger partial charge >= 0.3 is 0 Å². The molecule has 29 heavy (non-hydrogen) atoms. The van der Waals surface area contributed by atoms with E-state index in [2.05, 4.69) is 40.6 Å². The van der Waals surface area contributed by atoms with Gasteiger partial charge in [0.1, 0.15) is 0 Å². The Labute approximate surface area is 178 Å². The number of benzene rings is 2. The molecule has 0 radical (unpaired) electrons. The van der Waals surface area contributed by atoms with E-state index in [-0.39, 0.29) is 30.3 Å². The summed E-state index contributed by atoms with van der Waals surface area (Å²) in [6, 6.07) is 24.7. The molecule has 1 fully saturated rings. The Kier molecular flexibility index (Phi) is 7.39. The minimum absolute atomic E-state index is 0. The van der Waals surface area contributed by atoms with Gasteiger partial charge in [-0.3, -0.25) is 9.78 Å². The van der Waals surface area contributed by atoms with Crippen LogP contribution in [-0.4, -0.2) is 35.4 Å². The van der Waals surface area contributed by atoms with Crippen molar-refractivity contribution in [2.45, 2.75) is 18.4 Å². The molecule has 0 bridgehead atoms. The zero-order valence-electron chi connectivity index (χ0n) is 16.3. The highest BCUT2D eigenvalue weighted by atomic mass is 35.5. The largest absolute Gasteiger partial charge is 0.333 e. The van der Waals surface area contributed by atoms with E-state index >= 15 is 0 Å². The van der Waals surface area contributed by atoms with Crippen LogP contribution in [0.2, 0.25) is 0 Å². The van der Waals surface area contributed by atoms with Crippen LogP contribution in [0.5, 0.6) is 0 Å². The Morgan fingerprint density at radius 3 is 2.24 bits per heavy atom. The van der Waals surface area contributed by atoms with Gasteiger partial charge in [-0.05, 0) is 22.8 Å². The first kappa shape index (κ1) is 21.0. The average Bonchev–Trinajstić information content (AvgIpc) is 2.79. The number of carbonyl (C=O) groups excluding carboxylic acids is 1. The normalized spacial score (nSPS) is 16.3. The summed E-state index contributed by atoms with van der Waals surface area (Å²) in [6.45, 7) is 2.30. The third kappa shape index (κ3) is 5.03. The molecule has 2 aromatic carbocycles. The smallest absolute Gasteiger partial charge is 0.224 e. The van der Waals surface area contributed by atoms with E-state index in [0.717, 1.165) is 18.7 Å². The molecule has 2 heterocycles. The summed E-state index contributed by atoms with van der Waals surface area (Å²) in [5.41, 5.74) is 3.43. The number of hydrogen-bond donors (Lipinski definition) is 1. The molecule has 4 rings (SSSR count). The molecular weight excluding hydrogens is 382 g/mol. The summed E-state index contributed by atoms with van der Waals surface area (Å²) in [6.07, 6.45) is 4.10. The number of amides is 1. The molecule has 1 N–H and O–H groups in total. The van der Waals surface area contributed by atoms with Crippen LogP contribution in [-0.2, 0) is 4.79 Å². The predicted molar refractivity (Wildman–Crippen MR) is 118 cm³/mol. The molecule has 1 saturated heterocycles. The number of nitrogens with zero attached hydrogens (tertiary/aromatic N) is 2. The topological polar surface area (TPSA) is 45.2 Å². The van der Waals surface area contributed by atoms with Crippen LogP contribution in [0.1, 0.15) is 35.1 Å². The van der Waals surface area contributed by atoms with Crippen molar-refractivity contribution in [2.75, 3.05) is 19.6 Å². The molecule has 1 aliphatic heterocycles. The molecule has 5 heteroatoms. The maximum Gasteiger partial charge on any atom is 0.224 e. The molecule has 0 saturated carbocycles. The molecule has 0 aliphatic carbocycles. The lowest BCUT2D eigenvalue weighted by molar-refractivity contribution is -0.134. The molecule has 4 nitrogen and oxygen atoms in total. The second-order valence-corrected chi connectivity index (χ2v) is 7.17. The summed E-state index contributed by atoms with van der Waals surface area (Å²) in [4.78, 5) is 19.7. The maximum atomic E-state index is 13.4. The second kappa shape index (κ2) is 10.2. The Balaban J connectivity index is 0.00000240. The number of aromatic nitrogens is 1. The fourth-order valence-electron chi connectivity index (χ4n) is 3.96. The first-order valence-electron chi connectivity index (χ1n) is 9.83. The highest BCUT2D eigenvalue weighted by Crippen LogP contribution is 2.31.